The van der Waals surface area contributed by atoms with Crippen molar-refractivity contribution in [1.29, 1.82) is 0 Å². The molecule has 0 spiro atoms. The fourth-order valence-corrected chi connectivity index (χ4v) is 3.63. The van der Waals surface area contributed by atoms with E-state index in [-0.39, 0.29) is 5.91 Å². The van der Waals surface area contributed by atoms with Gasteiger partial charge >= 0.3 is 0 Å². The van der Waals surface area contributed by atoms with Gasteiger partial charge in [-0.1, -0.05) is 25.0 Å². The number of amides is 1. The summed E-state index contributed by atoms with van der Waals surface area (Å²) in [6.45, 7) is 7.62. The zero-order chi connectivity index (χ0) is 21.6. The number of nitrogens with one attached hydrogen (secondary N) is 3. The predicted octanol–water partition coefficient (Wildman–Crippen LogP) is 2.77. The van der Waals surface area contributed by atoms with E-state index >= 15 is 0 Å². The van der Waals surface area contributed by atoms with Gasteiger partial charge in [0, 0.05) is 45.3 Å². The average molecular weight is 419 g/mol. The van der Waals surface area contributed by atoms with Crippen molar-refractivity contribution in [2.45, 2.75) is 52.5 Å². The summed E-state index contributed by atoms with van der Waals surface area (Å²) in [6, 6.07) is 6.18. The molecule has 30 heavy (non-hydrogen) atoms. The van der Waals surface area contributed by atoms with Crippen LogP contribution in [0.2, 0.25) is 0 Å². The van der Waals surface area contributed by atoms with E-state index in [0.717, 1.165) is 16.9 Å². The van der Waals surface area contributed by atoms with E-state index in [0.29, 0.717) is 57.8 Å². The van der Waals surface area contributed by atoms with E-state index in [9.17, 15) is 4.79 Å². The molecular weight excluding hydrogens is 380 g/mol. The largest absolute Gasteiger partial charge is 0.491 e. The van der Waals surface area contributed by atoms with Gasteiger partial charge in [-0.2, -0.15) is 0 Å². The van der Waals surface area contributed by atoms with E-state index in [1.165, 1.54) is 25.7 Å². The second-order valence-electron chi connectivity index (χ2n) is 7.71. The number of carbonyl (C=O) groups excluding carboxylic acids is 1. The van der Waals surface area contributed by atoms with Gasteiger partial charge < -0.3 is 25.4 Å². The molecule has 0 atom stereocenters. The molecule has 1 aromatic rings. The highest BCUT2D eigenvalue weighted by atomic mass is 16.5. The molecule has 0 unspecified atom stereocenters. The maximum Gasteiger partial charge on any atom is 0.220 e. The van der Waals surface area contributed by atoms with E-state index in [2.05, 4.69) is 33.1 Å². The number of hydrogen-bond donors (Lipinski definition) is 3. The number of guanidine groups is 1. The number of carbonyl (C=O) groups is 1. The molecule has 1 aliphatic rings. The normalized spacial score (nSPS) is 14.6. The Bertz CT molecular complexity index is 672. The molecule has 0 aliphatic heterocycles. The summed E-state index contributed by atoms with van der Waals surface area (Å²) in [4.78, 5) is 16.3. The monoisotopic (exact) mass is 418 g/mol. The number of aryl methyl sites for hydroxylation is 1. The molecule has 168 valence electrons. The number of benzene rings is 1. The van der Waals surface area contributed by atoms with Crippen molar-refractivity contribution in [3.05, 3.63) is 29.3 Å². The van der Waals surface area contributed by atoms with Gasteiger partial charge in [-0.05, 0) is 44.2 Å². The van der Waals surface area contributed by atoms with Crippen LogP contribution >= 0.6 is 0 Å². The highest BCUT2D eigenvalue weighted by Gasteiger charge is 2.17. The highest BCUT2D eigenvalue weighted by Crippen LogP contribution is 2.27. The molecule has 1 fully saturated rings. The Labute approximate surface area is 181 Å². The van der Waals surface area contributed by atoms with Crippen molar-refractivity contribution >= 4 is 11.9 Å². The lowest BCUT2D eigenvalue weighted by molar-refractivity contribution is -0.121. The van der Waals surface area contributed by atoms with Crippen LogP contribution in [0.25, 0.3) is 0 Å². The van der Waals surface area contributed by atoms with Gasteiger partial charge in [-0.25, -0.2) is 0 Å². The number of nitrogens with zero attached hydrogens (tertiary/aromatic N) is 1. The van der Waals surface area contributed by atoms with Crippen LogP contribution in [0.15, 0.2) is 23.2 Å². The number of ether oxygens (including phenoxy) is 2. The van der Waals surface area contributed by atoms with Crippen LogP contribution in [0, 0.1) is 12.8 Å². The van der Waals surface area contributed by atoms with Crippen LogP contribution in [0.3, 0.4) is 0 Å². The third-order valence-corrected chi connectivity index (χ3v) is 5.27. The molecular formula is C23H38N4O3. The van der Waals surface area contributed by atoms with Crippen molar-refractivity contribution < 1.29 is 14.3 Å². The van der Waals surface area contributed by atoms with Crippen LogP contribution < -0.4 is 20.7 Å². The number of aliphatic imine (C=N–C) groups is 1. The summed E-state index contributed by atoms with van der Waals surface area (Å²) in [5.41, 5.74) is 2.21. The van der Waals surface area contributed by atoms with Crippen LogP contribution in [-0.2, 0) is 16.1 Å². The summed E-state index contributed by atoms with van der Waals surface area (Å²) in [5, 5.41) is 9.55. The molecule has 0 bridgehead atoms. The molecule has 1 aliphatic carbocycles. The van der Waals surface area contributed by atoms with Crippen LogP contribution in [0.4, 0.5) is 0 Å². The van der Waals surface area contributed by atoms with Gasteiger partial charge in [-0.3, -0.25) is 9.79 Å². The number of rotatable bonds is 12. The van der Waals surface area contributed by atoms with Crippen molar-refractivity contribution in [2.24, 2.45) is 10.9 Å². The van der Waals surface area contributed by atoms with Gasteiger partial charge in [0.15, 0.2) is 5.96 Å². The highest BCUT2D eigenvalue weighted by molar-refractivity contribution is 5.80. The summed E-state index contributed by atoms with van der Waals surface area (Å²) in [7, 11) is 1.74. The molecule has 3 N–H and O–H groups in total. The lowest BCUT2D eigenvalue weighted by Crippen LogP contribution is -2.41. The lowest BCUT2D eigenvalue weighted by atomic mass is 10.0. The second-order valence-corrected chi connectivity index (χ2v) is 7.71. The minimum Gasteiger partial charge on any atom is -0.491 e. The molecule has 0 radical (unpaired) electrons. The summed E-state index contributed by atoms with van der Waals surface area (Å²) in [6.07, 6.45) is 5.58. The third kappa shape index (κ3) is 9.03. The quantitative estimate of drug-likeness (QED) is 0.276. The Morgan fingerprint density at radius 1 is 1.13 bits per heavy atom. The SMILES string of the molecule is CCOCCOc1cc(C)ccc1CNC(=NC)NCCNC(=O)CC1CCCC1. The van der Waals surface area contributed by atoms with Gasteiger partial charge in [0.25, 0.3) is 0 Å². The van der Waals surface area contributed by atoms with Gasteiger partial charge in [0.05, 0.1) is 6.61 Å². The Balaban J connectivity index is 1.70. The van der Waals surface area contributed by atoms with Crippen molar-refractivity contribution in [2.75, 3.05) is 40.0 Å². The first-order valence-corrected chi connectivity index (χ1v) is 11.1. The molecule has 0 aromatic heterocycles. The third-order valence-electron chi connectivity index (χ3n) is 5.27. The van der Waals surface area contributed by atoms with Crippen molar-refractivity contribution in [3.63, 3.8) is 0 Å². The van der Waals surface area contributed by atoms with Gasteiger partial charge in [-0.15, -0.1) is 0 Å². The maximum atomic E-state index is 12.0. The zero-order valence-electron chi connectivity index (χ0n) is 18.8. The molecule has 7 heteroatoms. The van der Waals surface area contributed by atoms with Crippen LogP contribution in [0.1, 0.15) is 50.2 Å². The minimum atomic E-state index is 0.153. The Morgan fingerprint density at radius 3 is 2.63 bits per heavy atom. The molecule has 1 amide bonds. The second kappa shape index (κ2) is 13.9. The fraction of sp³-hybridized carbons (Fsp3) is 0.652. The van der Waals surface area contributed by atoms with E-state index < -0.39 is 0 Å². The van der Waals surface area contributed by atoms with Crippen LogP contribution in [-0.4, -0.2) is 51.8 Å². The predicted molar refractivity (Wildman–Crippen MR) is 121 cm³/mol. The van der Waals surface area contributed by atoms with Crippen molar-refractivity contribution in [1.82, 2.24) is 16.0 Å². The summed E-state index contributed by atoms with van der Waals surface area (Å²) < 4.78 is 11.2. The van der Waals surface area contributed by atoms with Crippen LogP contribution in [0.5, 0.6) is 5.75 Å². The first-order valence-electron chi connectivity index (χ1n) is 11.1. The number of hydrogen-bond acceptors (Lipinski definition) is 4. The molecule has 2 rings (SSSR count). The summed E-state index contributed by atoms with van der Waals surface area (Å²) in [5.74, 6) is 2.28. The average Bonchev–Trinajstić information content (AvgIpc) is 3.24. The first-order chi connectivity index (χ1) is 14.6. The molecule has 7 nitrogen and oxygen atoms in total. The van der Waals surface area contributed by atoms with Gasteiger partial charge in [0.1, 0.15) is 12.4 Å². The van der Waals surface area contributed by atoms with E-state index in [1.807, 2.05) is 19.9 Å². The van der Waals surface area contributed by atoms with Gasteiger partial charge in [0.2, 0.25) is 5.91 Å². The van der Waals surface area contributed by atoms with E-state index in [4.69, 9.17) is 9.47 Å². The molecule has 0 saturated heterocycles. The zero-order valence-corrected chi connectivity index (χ0v) is 18.8. The Morgan fingerprint density at radius 2 is 1.90 bits per heavy atom. The molecule has 0 heterocycles. The smallest absolute Gasteiger partial charge is 0.220 e. The fourth-order valence-electron chi connectivity index (χ4n) is 3.63. The topological polar surface area (TPSA) is 84.0 Å². The lowest BCUT2D eigenvalue weighted by Gasteiger charge is -2.16. The standard InChI is InChI=1S/C23H38N4O3/c1-4-29-13-14-30-21-15-18(2)9-10-20(21)17-27-23(24-3)26-12-11-25-22(28)16-19-7-5-6-8-19/h9-10,15,19H,4-8,11-14,16-17H2,1-3H3,(H,25,28)(H2,24,26,27). The Kier molecular flexibility index (Phi) is 11.1. The summed E-state index contributed by atoms with van der Waals surface area (Å²) >= 11 is 0. The Hall–Kier alpha value is -2.28. The molecule has 1 aromatic carbocycles. The van der Waals surface area contributed by atoms with E-state index in [1.54, 1.807) is 7.05 Å². The minimum absolute atomic E-state index is 0.153. The maximum absolute atomic E-state index is 12.0. The first kappa shape index (κ1) is 24.0. The van der Waals surface area contributed by atoms with Crippen molar-refractivity contribution in [3.8, 4) is 5.75 Å². The molecule has 1 saturated carbocycles.